The zero-order valence-electron chi connectivity index (χ0n) is 11.1. The van der Waals surface area contributed by atoms with Gasteiger partial charge in [-0.1, -0.05) is 0 Å². The molecule has 0 saturated carbocycles. The van der Waals surface area contributed by atoms with Crippen LogP contribution in [0.5, 0.6) is 11.5 Å². The van der Waals surface area contributed by atoms with Crippen LogP contribution in [-0.2, 0) is 13.6 Å². The Balaban J connectivity index is 1.76. The second-order valence-electron chi connectivity index (χ2n) is 4.45. The molecule has 1 aromatic carbocycles. The summed E-state index contributed by atoms with van der Waals surface area (Å²) in [6, 6.07) is 5.12. The second-order valence-corrected chi connectivity index (χ2v) is 4.45. The van der Waals surface area contributed by atoms with Gasteiger partial charge in [-0.25, -0.2) is 4.68 Å². The number of carbonyl (C=O) groups excluding carboxylic acids is 1. The van der Waals surface area contributed by atoms with Crippen LogP contribution in [-0.4, -0.2) is 44.9 Å². The molecule has 1 aliphatic rings. The Morgan fingerprint density at radius 3 is 2.95 bits per heavy atom. The molecule has 0 spiro atoms. The van der Waals surface area contributed by atoms with Crippen molar-refractivity contribution in [2.45, 2.75) is 6.54 Å². The third-order valence-electron chi connectivity index (χ3n) is 3.05. The third-order valence-corrected chi connectivity index (χ3v) is 3.05. The van der Waals surface area contributed by atoms with Crippen LogP contribution < -0.4 is 9.47 Å². The van der Waals surface area contributed by atoms with Gasteiger partial charge in [-0.15, -0.1) is 5.10 Å². The Morgan fingerprint density at radius 1 is 1.40 bits per heavy atom. The fourth-order valence-electron chi connectivity index (χ4n) is 1.92. The lowest BCUT2D eigenvalue weighted by molar-refractivity contribution is 0.0779. The van der Waals surface area contributed by atoms with Gasteiger partial charge in [0.2, 0.25) is 6.79 Å². The van der Waals surface area contributed by atoms with Crippen LogP contribution >= 0.6 is 0 Å². The summed E-state index contributed by atoms with van der Waals surface area (Å²) < 4.78 is 12.0. The molecule has 8 heteroatoms. The average Bonchev–Trinajstić information content (AvgIpc) is 3.06. The highest BCUT2D eigenvalue weighted by atomic mass is 16.7. The number of rotatable bonds is 3. The fourth-order valence-corrected chi connectivity index (χ4v) is 1.92. The molecule has 0 N–H and O–H groups in total. The number of aromatic nitrogens is 4. The van der Waals surface area contributed by atoms with Crippen LogP contribution in [0.1, 0.15) is 16.2 Å². The number of fused-ring (bicyclic) bond motifs is 1. The molecule has 1 aliphatic heterocycles. The number of aryl methyl sites for hydroxylation is 1. The molecule has 3 rings (SSSR count). The first-order valence-corrected chi connectivity index (χ1v) is 6.01. The minimum Gasteiger partial charge on any atom is -0.454 e. The zero-order valence-corrected chi connectivity index (χ0v) is 11.1. The topological polar surface area (TPSA) is 82.4 Å². The van der Waals surface area contributed by atoms with E-state index >= 15 is 0 Å². The minimum absolute atomic E-state index is 0.133. The predicted molar refractivity (Wildman–Crippen MR) is 67.2 cm³/mol. The summed E-state index contributed by atoms with van der Waals surface area (Å²) in [5, 5.41) is 11.1. The summed E-state index contributed by atoms with van der Waals surface area (Å²) >= 11 is 0. The second kappa shape index (κ2) is 4.80. The SMILES string of the molecule is CN(Cc1nnnn1C)C(=O)c1ccc2c(c1)OCO2. The van der Waals surface area contributed by atoms with Crippen molar-refractivity contribution in [2.75, 3.05) is 13.8 Å². The number of benzene rings is 1. The van der Waals surface area contributed by atoms with E-state index in [-0.39, 0.29) is 12.7 Å². The molecule has 0 radical (unpaired) electrons. The molecule has 20 heavy (non-hydrogen) atoms. The van der Waals surface area contributed by atoms with E-state index in [0.29, 0.717) is 29.4 Å². The van der Waals surface area contributed by atoms with Gasteiger partial charge in [0, 0.05) is 19.7 Å². The van der Waals surface area contributed by atoms with Crippen LogP contribution in [0, 0.1) is 0 Å². The Bertz CT molecular complexity index is 654. The maximum atomic E-state index is 12.3. The van der Waals surface area contributed by atoms with Crippen LogP contribution in [0.15, 0.2) is 18.2 Å². The lowest BCUT2D eigenvalue weighted by Gasteiger charge is -2.16. The lowest BCUT2D eigenvalue weighted by atomic mass is 10.2. The van der Waals surface area contributed by atoms with Gasteiger partial charge in [-0.3, -0.25) is 4.79 Å². The molecule has 1 aromatic heterocycles. The molecule has 8 nitrogen and oxygen atoms in total. The van der Waals surface area contributed by atoms with E-state index in [1.165, 1.54) is 4.68 Å². The number of carbonyl (C=O) groups is 1. The monoisotopic (exact) mass is 275 g/mol. The summed E-state index contributed by atoms with van der Waals surface area (Å²) in [5.74, 6) is 1.72. The molecule has 0 unspecified atom stereocenters. The maximum Gasteiger partial charge on any atom is 0.254 e. The quantitative estimate of drug-likeness (QED) is 0.796. The first-order chi connectivity index (χ1) is 9.65. The molecule has 0 atom stereocenters. The van der Waals surface area contributed by atoms with Crippen molar-refractivity contribution in [3.63, 3.8) is 0 Å². The highest BCUT2D eigenvalue weighted by Gasteiger charge is 2.19. The predicted octanol–water partition coefficient (Wildman–Crippen LogP) is 0.211. The van der Waals surface area contributed by atoms with Gasteiger partial charge in [-0.2, -0.15) is 0 Å². The smallest absolute Gasteiger partial charge is 0.254 e. The summed E-state index contributed by atoms with van der Waals surface area (Å²) in [6.45, 7) is 0.518. The molecular formula is C12H13N5O3. The van der Waals surface area contributed by atoms with Crippen molar-refractivity contribution in [3.8, 4) is 11.5 Å². The van der Waals surface area contributed by atoms with E-state index in [0.717, 1.165) is 0 Å². The highest BCUT2D eigenvalue weighted by Crippen LogP contribution is 2.32. The van der Waals surface area contributed by atoms with Gasteiger partial charge in [0.25, 0.3) is 5.91 Å². The van der Waals surface area contributed by atoms with Gasteiger partial charge >= 0.3 is 0 Å². The molecule has 0 bridgehead atoms. The zero-order chi connectivity index (χ0) is 14.1. The Hall–Kier alpha value is -2.64. The Morgan fingerprint density at radius 2 is 2.20 bits per heavy atom. The number of hydrogen-bond donors (Lipinski definition) is 0. The van der Waals surface area contributed by atoms with E-state index in [4.69, 9.17) is 9.47 Å². The Labute approximate surface area is 114 Å². The Kier molecular flexibility index (Phi) is 2.97. The van der Waals surface area contributed by atoms with Crippen molar-refractivity contribution < 1.29 is 14.3 Å². The number of tetrazole rings is 1. The molecule has 0 fully saturated rings. The van der Waals surface area contributed by atoms with Gasteiger partial charge in [0.15, 0.2) is 17.3 Å². The molecule has 1 amide bonds. The summed E-state index contributed by atoms with van der Waals surface area (Å²) in [7, 11) is 3.43. The van der Waals surface area contributed by atoms with Crippen LogP contribution in [0.3, 0.4) is 0 Å². The first kappa shape index (κ1) is 12.4. The average molecular weight is 275 g/mol. The van der Waals surface area contributed by atoms with Gasteiger partial charge in [-0.05, 0) is 28.6 Å². The molecule has 2 heterocycles. The van der Waals surface area contributed by atoms with Crippen LogP contribution in [0.4, 0.5) is 0 Å². The number of amides is 1. The van der Waals surface area contributed by atoms with E-state index in [9.17, 15) is 4.79 Å². The highest BCUT2D eigenvalue weighted by molar-refractivity contribution is 5.94. The van der Waals surface area contributed by atoms with Crippen molar-refractivity contribution >= 4 is 5.91 Å². The van der Waals surface area contributed by atoms with E-state index in [2.05, 4.69) is 15.5 Å². The van der Waals surface area contributed by atoms with Crippen LogP contribution in [0.2, 0.25) is 0 Å². The van der Waals surface area contributed by atoms with E-state index in [1.807, 2.05) is 0 Å². The van der Waals surface area contributed by atoms with Gasteiger partial charge in [0.1, 0.15) is 0 Å². The van der Waals surface area contributed by atoms with Gasteiger partial charge in [0.05, 0.1) is 6.54 Å². The first-order valence-electron chi connectivity index (χ1n) is 6.01. The van der Waals surface area contributed by atoms with Crippen molar-refractivity contribution in [3.05, 3.63) is 29.6 Å². The van der Waals surface area contributed by atoms with Gasteiger partial charge < -0.3 is 14.4 Å². The summed E-state index contributed by atoms with van der Waals surface area (Å²) in [4.78, 5) is 13.9. The fraction of sp³-hybridized carbons (Fsp3) is 0.333. The molecule has 0 aliphatic carbocycles. The number of ether oxygens (including phenoxy) is 2. The normalized spacial score (nSPS) is 12.5. The van der Waals surface area contributed by atoms with Crippen molar-refractivity contribution in [1.82, 2.24) is 25.1 Å². The van der Waals surface area contributed by atoms with Crippen molar-refractivity contribution in [2.24, 2.45) is 7.05 Å². The summed E-state index contributed by atoms with van der Waals surface area (Å²) in [6.07, 6.45) is 0. The molecule has 0 saturated heterocycles. The summed E-state index contributed by atoms with van der Waals surface area (Å²) in [5.41, 5.74) is 0.534. The molecule has 2 aromatic rings. The van der Waals surface area contributed by atoms with E-state index < -0.39 is 0 Å². The van der Waals surface area contributed by atoms with Crippen LogP contribution in [0.25, 0.3) is 0 Å². The lowest BCUT2D eigenvalue weighted by Crippen LogP contribution is -2.27. The third kappa shape index (κ3) is 2.15. The van der Waals surface area contributed by atoms with Crippen molar-refractivity contribution in [1.29, 1.82) is 0 Å². The number of nitrogens with zero attached hydrogens (tertiary/aromatic N) is 5. The molecule has 104 valence electrons. The standard InChI is InChI=1S/C12H13N5O3/c1-16(6-11-13-14-15-17(11)2)12(18)8-3-4-9-10(5-8)20-7-19-9/h3-5H,6-7H2,1-2H3. The maximum absolute atomic E-state index is 12.3. The largest absolute Gasteiger partial charge is 0.454 e. The molecular weight excluding hydrogens is 262 g/mol. The minimum atomic E-state index is -0.133. The number of hydrogen-bond acceptors (Lipinski definition) is 6. The van der Waals surface area contributed by atoms with E-state index in [1.54, 1.807) is 37.2 Å².